The van der Waals surface area contributed by atoms with Crippen molar-refractivity contribution in [2.45, 2.75) is 56.5 Å². The maximum atomic E-state index is 12.2. The predicted molar refractivity (Wildman–Crippen MR) is 83.0 cm³/mol. The summed E-state index contributed by atoms with van der Waals surface area (Å²) in [5.74, 6) is 0.582. The molecule has 2 N–H and O–H groups in total. The molecule has 21 heavy (non-hydrogen) atoms. The first-order valence-electron chi connectivity index (χ1n) is 8.23. The summed E-state index contributed by atoms with van der Waals surface area (Å²) >= 11 is 0. The number of aliphatic hydroxyl groups is 1. The topological polar surface area (TPSA) is 49.3 Å². The second-order valence-electron chi connectivity index (χ2n) is 6.72. The summed E-state index contributed by atoms with van der Waals surface area (Å²) in [7, 11) is 0. The fourth-order valence-corrected chi connectivity index (χ4v) is 3.50. The van der Waals surface area contributed by atoms with Crippen molar-refractivity contribution in [3.05, 3.63) is 35.9 Å². The minimum atomic E-state index is -0.677. The van der Waals surface area contributed by atoms with E-state index in [0.717, 1.165) is 32.1 Å². The van der Waals surface area contributed by atoms with Crippen molar-refractivity contribution in [2.75, 3.05) is 6.54 Å². The Hall–Kier alpha value is -1.35. The van der Waals surface area contributed by atoms with Crippen LogP contribution < -0.4 is 5.32 Å². The van der Waals surface area contributed by atoms with Crippen LogP contribution in [0.4, 0.5) is 0 Å². The molecule has 0 aromatic heterocycles. The van der Waals surface area contributed by atoms with E-state index in [4.69, 9.17) is 0 Å². The quantitative estimate of drug-likeness (QED) is 0.836. The van der Waals surface area contributed by atoms with E-state index in [-0.39, 0.29) is 11.8 Å². The largest absolute Gasteiger partial charge is 0.388 e. The molecule has 1 aromatic rings. The highest BCUT2D eigenvalue weighted by atomic mass is 16.3. The monoisotopic (exact) mass is 287 g/mol. The van der Waals surface area contributed by atoms with Gasteiger partial charge in [0, 0.05) is 12.5 Å². The number of carbonyl (C=O) groups excluding carboxylic acids is 1. The molecule has 0 aliphatic heterocycles. The van der Waals surface area contributed by atoms with Crippen molar-refractivity contribution < 1.29 is 9.90 Å². The van der Waals surface area contributed by atoms with Crippen molar-refractivity contribution in [1.82, 2.24) is 5.32 Å². The Labute approximate surface area is 126 Å². The van der Waals surface area contributed by atoms with E-state index in [2.05, 4.69) is 17.4 Å². The van der Waals surface area contributed by atoms with Gasteiger partial charge < -0.3 is 10.4 Å². The van der Waals surface area contributed by atoms with Crippen LogP contribution >= 0.6 is 0 Å². The van der Waals surface area contributed by atoms with Gasteiger partial charge in [0.2, 0.25) is 5.91 Å². The molecule has 2 fully saturated rings. The molecule has 114 valence electrons. The first-order chi connectivity index (χ1) is 10.2. The second kappa shape index (κ2) is 6.18. The summed E-state index contributed by atoms with van der Waals surface area (Å²) in [5, 5.41) is 13.6. The molecule has 0 heterocycles. The Morgan fingerprint density at radius 2 is 1.81 bits per heavy atom. The lowest BCUT2D eigenvalue weighted by atomic mass is 9.94. The Morgan fingerprint density at radius 3 is 2.48 bits per heavy atom. The van der Waals surface area contributed by atoms with Crippen molar-refractivity contribution in [3.8, 4) is 0 Å². The molecular weight excluding hydrogens is 262 g/mol. The second-order valence-corrected chi connectivity index (χ2v) is 6.72. The summed E-state index contributed by atoms with van der Waals surface area (Å²) in [4.78, 5) is 12.2. The van der Waals surface area contributed by atoms with Crippen LogP contribution in [0.15, 0.2) is 30.3 Å². The molecule has 0 bridgehead atoms. The molecule has 3 heteroatoms. The van der Waals surface area contributed by atoms with Gasteiger partial charge in [-0.25, -0.2) is 0 Å². The van der Waals surface area contributed by atoms with Crippen LogP contribution in [0, 0.1) is 5.92 Å². The van der Waals surface area contributed by atoms with Crippen LogP contribution in [0.5, 0.6) is 0 Å². The third-order valence-electron chi connectivity index (χ3n) is 4.98. The fraction of sp³-hybridized carbons (Fsp3) is 0.611. The normalized spacial score (nSPS) is 27.7. The summed E-state index contributed by atoms with van der Waals surface area (Å²) in [6.45, 7) is 0.420. The molecule has 2 atom stereocenters. The van der Waals surface area contributed by atoms with Gasteiger partial charge in [0.1, 0.15) is 0 Å². The molecule has 3 rings (SSSR count). The zero-order valence-electron chi connectivity index (χ0n) is 12.6. The van der Waals surface area contributed by atoms with Crippen LogP contribution in [-0.2, 0) is 4.79 Å². The Bertz CT molecular complexity index is 477. The van der Waals surface area contributed by atoms with E-state index in [1.165, 1.54) is 18.4 Å². The zero-order chi connectivity index (χ0) is 14.7. The molecule has 3 nitrogen and oxygen atoms in total. The van der Waals surface area contributed by atoms with Crippen LogP contribution in [0.2, 0.25) is 0 Å². The molecule has 2 aliphatic carbocycles. The van der Waals surface area contributed by atoms with Gasteiger partial charge in [0.25, 0.3) is 0 Å². The molecule has 1 amide bonds. The van der Waals surface area contributed by atoms with Gasteiger partial charge in [-0.05, 0) is 30.7 Å². The van der Waals surface area contributed by atoms with Crippen LogP contribution in [0.25, 0.3) is 0 Å². The van der Waals surface area contributed by atoms with Gasteiger partial charge >= 0.3 is 0 Å². The minimum Gasteiger partial charge on any atom is -0.388 e. The van der Waals surface area contributed by atoms with Crippen LogP contribution in [0.3, 0.4) is 0 Å². The summed E-state index contributed by atoms with van der Waals surface area (Å²) in [5.41, 5.74) is 0.578. The van der Waals surface area contributed by atoms with E-state index in [0.29, 0.717) is 12.5 Å². The lowest BCUT2D eigenvalue weighted by Crippen LogP contribution is -2.43. The van der Waals surface area contributed by atoms with Crippen LogP contribution in [-0.4, -0.2) is 23.2 Å². The summed E-state index contributed by atoms with van der Waals surface area (Å²) < 4.78 is 0. The van der Waals surface area contributed by atoms with Gasteiger partial charge in [0.15, 0.2) is 0 Å². The number of carbonyl (C=O) groups is 1. The van der Waals surface area contributed by atoms with Crippen molar-refractivity contribution >= 4 is 5.91 Å². The molecule has 2 aliphatic rings. The predicted octanol–water partition coefficient (Wildman–Crippen LogP) is 2.99. The van der Waals surface area contributed by atoms with Gasteiger partial charge in [-0.3, -0.25) is 4.79 Å². The Balaban J connectivity index is 1.49. The lowest BCUT2D eigenvalue weighted by Gasteiger charge is -2.26. The SMILES string of the molecule is O=C(NCC1(O)CCCCCC1)C1CC1c1ccccc1. The average molecular weight is 287 g/mol. The fourth-order valence-electron chi connectivity index (χ4n) is 3.50. The van der Waals surface area contributed by atoms with Gasteiger partial charge in [-0.1, -0.05) is 56.0 Å². The highest BCUT2D eigenvalue weighted by Crippen LogP contribution is 2.47. The van der Waals surface area contributed by atoms with E-state index >= 15 is 0 Å². The molecule has 0 spiro atoms. The number of benzene rings is 1. The van der Waals surface area contributed by atoms with Gasteiger partial charge in [-0.15, -0.1) is 0 Å². The van der Waals surface area contributed by atoms with Crippen molar-refractivity contribution in [2.24, 2.45) is 5.92 Å². The molecule has 0 radical (unpaired) electrons. The Kier molecular flexibility index (Phi) is 4.29. The van der Waals surface area contributed by atoms with Crippen LogP contribution in [0.1, 0.15) is 56.4 Å². The average Bonchev–Trinajstić information content (AvgIpc) is 3.31. The standard InChI is InChI=1S/C18H25NO2/c20-17(16-12-15(16)14-8-4-3-5-9-14)19-13-18(21)10-6-1-2-7-11-18/h3-5,8-9,15-16,21H,1-2,6-7,10-13H2,(H,19,20). The molecule has 2 unspecified atom stereocenters. The third-order valence-corrected chi connectivity index (χ3v) is 4.98. The van der Waals surface area contributed by atoms with Crippen molar-refractivity contribution in [1.29, 1.82) is 0 Å². The smallest absolute Gasteiger partial charge is 0.223 e. The lowest BCUT2D eigenvalue weighted by molar-refractivity contribution is -0.123. The highest BCUT2D eigenvalue weighted by molar-refractivity contribution is 5.82. The molecule has 0 saturated heterocycles. The minimum absolute atomic E-state index is 0.0989. The number of hydrogen-bond acceptors (Lipinski definition) is 2. The van der Waals surface area contributed by atoms with E-state index in [1.807, 2.05) is 18.2 Å². The molecular formula is C18H25NO2. The first-order valence-corrected chi connectivity index (χ1v) is 8.23. The zero-order valence-corrected chi connectivity index (χ0v) is 12.6. The third kappa shape index (κ3) is 3.65. The van der Waals surface area contributed by atoms with E-state index < -0.39 is 5.60 Å². The Morgan fingerprint density at radius 1 is 1.14 bits per heavy atom. The summed E-state index contributed by atoms with van der Waals surface area (Å²) in [6, 6.07) is 10.2. The first kappa shape index (κ1) is 14.6. The maximum Gasteiger partial charge on any atom is 0.223 e. The van der Waals surface area contributed by atoms with Gasteiger partial charge in [-0.2, -0.15) is 0 Å². The number of rotatable bonds is 4. The number of hydrogen-bond donors (Lipinski definition) is 2. The van der Waals surface area contributed by atoms with E-state index in [9.17, 15) is 9.90 Å². The maximum absolute atomic E-state index is 12.2. The summed E-state index contributed by atoms with van der Waals surface area (Å²) in [6.07, 6.45) is 7.13. The number of nitrogens with one attached hydrogen (secondary N) is 1. The van der Waals surface area contributed by atoms with E-state index in [1.54, 1.807) is 0 Å². The molecule has 2 saturated carbocycles. The number of amides is 1. The van der Waals surface area contributed by atoms with Crippen molar-refractivity contribution in [3.63, 3.8) is 0 Å². The highest BCUT2D eigenvalue weighted by Gasteiger charge is 2.44. The molecule has 1 aromatic carbocycles. The van der Waals surface area contributed by atoms with Gasteiger partial charge in [0.05, 0.1) is 5.60 Å².